The van der Waals surface area contributed by atoms with Gasteiger partial charge in [-0.3, -0.25) is 4.79 Å². The Morgan fingerprint density at radius 3 is 2.64 bits per heavy atom. The van der Waals surface area contributed by atoms with E-state index in [1.54, 1.807) is 47.7 Å². The van der Waals surface area contributed by atoms with E-state index in [-0.39, 0.29) is 5.91 Å². The standard InChI is InChI=1S/C27H25N3O4S2/c1-2-3-4-7-24(31)28-19-11-9-18(10-12-19)27(33)21(16-20-6-5-14-35-20)25(26(32)34-27)17-8-13-22-23(15-17)30-36-29-22/h5-6,8-15,33H,2-4,7,16H2,1H3,(H,28,31). The minimum Gasteiger partial charge on any atom is -0.421 e. The maximum Gasteiger partial charge on any atom is 0.342 e. The summed E-state index contributed by atoms with van der Waals surface area (Å²) >= 11 is 2.65. The summed E-state index contributed by atoms with van der Waals surface area (Å²) in [7, 11) is 0. The third-order valence-electron chi connectivity index (χ3n) is 6.20. The van der Waals surface area contributed by atoms with Gasteiger partial charge < -0.3 is 15.2 Å². The largest absolute Gasteiger partial charge is 0.421 e. The van der Waals surface area contributed by atoms with E-state index in [4.69, 9.17) is 4.74 Å². The molecular weight excluding hydrogens is 494 g/mol. The summed E-state index contributed by atoms with van der Waals surface area (Å²) in [4.78, 5) is 26.4. The van der Waals surface area contributed by atoms with Gasteiger partial charge in [0, 0.05) is 34.5 Å². The van der Waals surface area contributed by atoms with Crippen molar-refractivity contribution in [1.82, 2.24) is 8.75 Å². The SMILES string of the molecule is CCCCCC(=O)Nc1ccc(C2(O)OC(=O)C(c3ccc4nsnc4c3)=C2Cc2cccs2)cc1. The van der Waals surface area contributed by atoms with Crippen LogP contribution >= 0.6 is 23.1 Å². The topological polar surface area (TPSA) is 101 Å². The average Bonchev–Trinajstić information content (AvgIpc) is 3.60. The van der Waals surface area contributed by atoms with Gasteiger partial charge in [0.05, 0.1) is 17.3 Å². The Hall–Kier alpha value is -3.40. The molecule has 0 spiro atoms. The van der Waals surface area contributed by atoms with Gasteiger partial charge in [0.15, 0.2) is 0 Å². The number of nitrogens with zero attached hydrogens (tertiary/aromatic N) is 2. The van der Waals surface area contributed by atoms with E-state index >= 15 is 0 Å². The first-order valence-electron chi connectivity index (χ1n) is 11.8. The number of cyclic esters (lactones) is 1. The molecule has 5 rings (SSSR count). The average molecular weight is 520 g/mol. The molecule has 0 fully saturated rings. The lowest BCUT2D eigenvalue weighted by Gasteiger charge is -2.25. The maximum atomic E-state index is 13.2. The van der Waals surface area contributed by atoms with Crippen LogP contribution in [-0.4, -0.2) is 25.7 Å². The van der Waals surface area contributed by atoms with Gasteiger partial charge in [0.1, 0.15) is 11.0 Å². The Kier molecular flexibility index (Phi) is 6.95. The lowest BCUT2D eigenvalue weighted by molar-refractivity contribution is -0.185. The molecule has 3 heterocycles. The number of nitrogens with one attached hydrogen (secondary N) is 1. The van der Waals surface area contributed by atoms with Crippen LogP contribution in [-0.2, 0) is 26.5 Å². The Bertz CT molecular complexity index is 1430. The molecule has 1 aliphatic rings. The van der Waals surface area contributed by atoms with Crippen LogP contribution in [0.1, 0.15) is 48.6 Å². The number of carbonyl (C=O) groups is 2. The number of rotatable bonds is 9. The van der Waals surface area contributed by atoms with Crippen LogP contribution in [0.15, 0.2) is 65.6 Å². The van der Waals surface area contributed by atoms with Gasteiger partial charge >= 0.3 is 5.97 Å². The minimum absolute atomic E-state index is 0.0466. The fraction of sp³-hybridized carbons (Fsp3) is 0.259. The second kappa shape index (κ2) is 10.3. The predicted octanol–water partition coefficient (Wildman–Crippen LogP) is 5.67. The molecule has 2 aromatic heterocycles. The molecule has 0 radical (unpaired) electrons. The molecule has 2 N–H and O–H groups in total. The summed E-state index contributed by atoms with van der Waals surface area (Å²) in [6, 6.07) is 16.1. The van der Waals surface area contributed by atoms with Crippen molar-refractivity contribution >= 4 is 57.2 Å². The number of fused-ring (bicyclic) bond motifs is 1. The zero-order valence-corrected chi connectivity index (χ0v) is 21.3. The van der Waals surface area contributed by atoms with Crippen molar-refractivity contribution in [3.63, 3.8) is 0 Å². The molecule has 0 bridgehead atoms. The van der Waals surface area contributed by atoms with E-state index in [2.05, 4.69) is 21.0 Å². The number of aliphatic hydroxyl groups is 1. The van der Waals surface area contributed by atoms with Crippen molar-refractivity contribution in [2.75, 3.05) is 5.32 Å². The number of hydrogen-bond donors (Lipinski definition) is 2. The van der Waals surface area contributed by atoms with Crippen molar-refractivity contribution in [1.29, 1.82) is 0 Å². The number of hydrogen-bond acceptors (Lipinski definition) is 8. The van der Waals surface area contributed by atoms with Crippen LogP contribution < -0.4 is 5.32 Å². The van der Waals surface area contributed by atoms with Gasteiger partial charge in [-0.15, -0.1) is 11.3 Å². The minimum atomic E-state index is -1.94. The predicted molar refractivity (Wildman–Crippen MR) is 142 cm³/mol. The lowest BCUT2D eigenvalue weighted by Crippen LogP contribution is -2.29. The number of amides is 1. The van der Waals surface area contributed by atoms with Gasteiger partial charge in [0.25, 0.3) is 5.79 Å². The van der Waals surface area contributed by atoms with Gasteiger partial charge in [0.2, 0.25) is 5.91 Å². The number of anilines is 1. The highest BCUT2D eigenvalue weighted by molar-refractivity contribution is 7.09. The molecule has 1 aliphatic heterocycles. The normalized spacial score (nSPS) is 17.6. The number of benzene rings is 2. The maximum absolute atomic E-state index is 13.2. The highest BCUT2D eigenvalue weighted by Gasteiger charge is 2.48. The van der Waals surface area contributed by atoms with Crippen molar-refractivity contribution in [2.45, 2.75) is 44.8 Å². The van der Waals surface area contributed by atoms with Crippen molar-refractivity contribution in [2.24, 2.45) is 0 Å². The van der Waals surface area contributed by atoms with E-state index in [1.807, 2.05) is 23.6 Å². The van der Waals surface area contributed by atoms with Gasteiger partial charge in [-0.25, -0.2) is 4.79 Å². The second-order valence-electron chi connectivity index (χ2n) is 8.69. The number of aromatic nitrogens is 2. The molecule has 0 saturated heterocycles. The third kappa shape index (κ3) is 4.82. The summed E-state index contributed by atoms with van der Waals surface area (Å²) in [5, 5.41) is 16.6. The number of ether oxygens (including phenoxy) is 1. The highest BCUT2D eigenvalue weighted by atomic mass is 32.1. The molecule has 1 atom stereocenters. The van der Waals surface area contributed by atoms with Gasteiger partial charge in [-0.2, -0.15) is 8.75 Å². The van der Waals surface area contributed by atoms with Crippen LogP contribution in [0.2, 0.25) is 0 Å². The number of unbranched alkanes of at least 4 members (excludes halogenated alkanes) is 2. The highest BCUT2D eigenvalue weighted by Crippen LogP contribution is 2.45. The zero-order chi connectivity index (χ0) is 25.1. The monoisotopic (exact) mass is 519 g/mol. The Labute approximate surface area is 216 Å². The van der Waals surface area contributed by atoms with Crippen LogP contribution in [0.3, 0.4) is 0 Å². The van der Waals surface area contributed by atoms with Gasteiger partial charge in [-0.1, -0.05) is 44.0 Å². The molecule has 2 aromatic carbocycles. The van der Waals surface area contributed by atoms with E-state index in [0.717, 1.165) is 41.4 Å². The Morgan fingerprint density at radius 2 is 1.89 bits per heavy atom. The quantitative estimate of drug-likeness (QED) is 0.218. The zero-order valence-electron chi connectivity index (χ0n) is 19.7. The number of esters is 1. The second-order valence-corrected chi connectivity index (χ2v) is 10.3. The number of carbonyl (C=O) groups excluding carboxylic acids is 2. The van der Waals surface area contributed by atoms with Crippen molar-refractivity contribution in [3.8, 4) is 0 Å². The fourth-order valence-electron chi connectivity index (χ4n) is 4.34. The Balaban J connectivity index is 1.49. The Morgan fingerprint density at radius 1 is 1.08 bits per heavy atom. The van der Waals surface area contributed by atoms with E-state index in [1.165, 1.54) is 0 Å². The van der Waals surface area contributed by atoms with E-state index < -0.39 is 11.8 Å². The van der Waals surface area contributed by atoms with E-state index in [0.29, 0.717) is 46.3 Å². The molecule has 9 heteroatoms. The third-order valence-corrected chi connectivity index (χ3v) is 7.63. The first-order valence-corrected chi connectivity index (χ1v) is 13.4. The molecule has 1 amide bonds. The summed E-state index contributed by atoms with van der Waals surface area (Å²) < 4.78 is 14.2. The molecule has 184 valence electrons. The smallest absolute Gasteiger partial charge is 0.342 e. The van der Waals surface area contributed by atoms with Crippen LogP contribution in [0.4, 0.5) is 5.69 Å². The molecule has 0 aliphatic carbocycles. The fourth-order valence-corrected chi connectivity index (χ4v) is 5.57. The van der Waals surface area contributed by atoms with E-state index in [9.17, 15) is 14.7 Å². The van der Waals surface area contributed by atoms with Crippen LogP contribution in [0, 0.1) is 0 Å². The van der Waals surface area contributed by atoms with Crippen molar-refractivity contribution < 1.29 is 19.4 Å². The summed E-state index contributed by atoms with van der Waals surface area (Å²) in [5.74, 6) is -2.58. The molecular formula is C27H25N3O4S2. The van der Waals surface area contributed by atoms with Crippen molar-refractivity contribution in [3.05, 3.63) is 81.6 Å². The summed E-state index contributed by atoms with van der Waals surface area (Å²) in [5.41, 5.74) is 3.89. The molecule has 0 saturated carbocycles. The lowest BCUT2D eigenvalue weighted by atomic mass is 9.89. The number of thiophene rings is 1. The first-order chi connectivity index (χ1) is 17.5. The molecule has 36 heavy (non-hydrogen) atoms. The van der Waals surface area contributed by atoms with Gasteiger partial charge in [-0.05, 0) is 47.7 Å². The van der Waals surface area contributed by atoms with Crippen LogP contribution in [0.25, 0.3) is 16.6 Å². The van der Waals surface area contributed by atoms with Crippen LogP contribution in [0.5, 0.6) is 0 Å². The first kappa shape index (κ1) is 24.3. The molecule has 7 nitrogen and oxygen atoms in total. The molecule has 1 unspecified atom stereocenters. The summed E-state index contributed by atoms with van der Waals surface area (Å²) in [6.07, 6.45) is 3.72. The molecule has 4 aromatic rings. The summed E-state index contributed by atoms with van der Waals surface area (Å²) in [6.45, 7) is 2.10.